The Balaban J connectivity index is 2.00. The summed E-state index contributed by atoms with van der Waals surface area (Å²) in [6, 6.07) is 2.09. The van der Waals surface area contributed by atoms with Crippen molar-refractivity contribution in [2.24, 2.45) is 0 Å². The molecule has 1 aromatic heterocycles. The number of anilines is 1. The molecule has 0 bridgehead atoms. The number of alkyl halides is 3. The Morgan fingerprint density at radius 1 is 1.26 bits per heavy atom. The lowest BCUT2D eigenvalue weighted by atomic mass is 10.1. The predicted octanol–water partition coefficient (Wildman–Crippen LogP) is 3.18. The Hall–Kier alpha value is -2.34. The van der Waals surface area contributed by atoms with Crippen LogP contribution in [0.2, 0.25) is 0 Å². The van der Waals surface area contributed by atoms with Crippen LogP contribution in [0.25, 0.3) is 0 Å². The highest BCUT2D eigenvalue weighted by Gasteiger charge is 2.39. The Morgan fingerprint density at radius 2 is 1.89 bits per heavy atom. The first-order valence-corrected chi connectivity index (χ1v) is 8.48. The van der Waals surface area contributed by atoms with Gasteiger partial charge < -0.3 is 10.0 Å². The van der Waals surface area contributed by atoms with Crippen molar-refractivity contribution in [3.63, 3.8) is 0 Å². The van der Waals surface area contributed by atoms with E-state index in [9.17, 15) is 26.7 Å². The molecule has 0 saturated heterocycles. The van der Waals surface area contributed by atoms with E-state index < -0.39 is 36.5 Å². The molecule has 1 atom stereocenters. The van der Waals surface area contributed by atoms with E-state index >= 15 is 0 Å². The summed E-state index contributed by atoms with van der Waals surface area (Å²) in [5.41, 5.74) is 0.310. The summed E-state index contributed by atoms with van der Waals surface area (Å²) in [7, 11) is 0. The van der Waals surface area contributed by atoms with Crippen LogP contribution in [0.4, 0.5) is 31.9 Å². The Labute approximate surface area is 154 Å². The van der Waals surface area contributed by atoms with E-state index in [2.05, 4.69) is 15.5 Å². The van der Waals surface area contributed by atoms with Crippen molar-refractivity contribution in [1.29, 1.82) is 0 Å². The zero-order valence-electron chi connectivity index (χ0n) is 13.9. The summed E-state index contributed by atoms with van der Waals surface area (Å²) in [4.78, 5) is 12.8. The first-order chi connectivity index (χ1) is 12.6. The van der Waals surface area contributed by atoms with Gasteiger partial charge in [-0.25, -0.2) is 13.6 Å². The number of hydrogen-bond acceptors (Lipinski definition) is 5. The number of benzene rings is 1. The number of likely N-dealkylation sites (N-methyl/N-ethyl adjacent to an activating group) is 1. The standard InChI is InChI=1S/C15H15F5N4O2S/c1-2-24(7-11(25)15(18,19)20)14(26)21-13-23-22-12(27-13)5-8-3-9(16)6-10(17)4-8/h3-4,6,11,25H,2,5,7H2,1H3,(H,21,23,26). The zero-order valence-corrected chi connectivity index (χ0v) is 14.7. The zero-order chi connectivity index (χ0) is 20.2. The van der Waals surface area contributed by atoms with Gasteiger partial charge in [0.2, 0.25) is 5.13 Å². The third kappa shape index (κ3) is 6.10. The van der Waals surface area contributed by atoms with E-state index in [1.807, 2.05) is 0 Å². The van der Waals surface area contributed by atoms with Crippen LogP contribution in [0.3, 0.4) is 0 Å². The largest absolute Gasteiger partial charge is 0.416 e. The van der Waals surface area contributed by atoms with Crippen LogP contribution in [0, 0.1) is 11.6 Å². The molecule has 0 spiro atoms. The number of carbonyl (C=O) groups is 1. The van der Waals surface area contributed by atoms with Crippen LogP contribution >= 0.6 is 11.3 Å². The lowest BCUT2D eigenvalue weighted by Crippen LogP contribution is -2.45. The number of carbonyl (C=O) groups excluding carboxylic acids is 1. The molecule has 0 aliphatic carbocycles. The first-order valence-electron chi connectivity index (χ1n) is 7.66. The lowest BCUT2D eigenvalue weighted by Gasteiger charge is -2.24. The smallest absolute Gasteiger partial charge is 0.382 e. The van der Waals surface area contributed by atoms with Crippen molar-refractivity contribution in [2.45, 2.75) is 25.6 Å². The number of amides is 2. The molecular formula is C15H15F5N4O2S. The summed E-state index contributed by atoms with van der Waals surface area (Å²) in [6.07, 6.45) is -7.45. The highest BCUT2D eigenvalue weighted by Crippen LogP contribution is 2.22. The van der Waals surface area contributed by atoms with Gasteiger partial charge in [-0.05, 0) is 24.6 Å². The molecule has 0 radical (unpaired) electrons. The van der Waals surface area contributed by atoms with Gasteiger partial charge in [-0.3, -0.25) is 5.32 Å². The average Bonchev–Trinajstić information content (AvgIpc) is 2.97. The van der Waals surface area contributed by atoms with Crippen LogP contribution < -0.4 is 5.32 Å². The van der Waals surface area contributed by atoms with Gasteiger partial charge in [0.15, 0.2) is 6.10 Å². The molecule has 6 nitrogen and oxygen atoms in total. The molecule has 2 rings (SSSR count). The number of halogens is 5. The molecule has 1 aromatic carbocycles. The molecule has 0 saturated carbocycles. The van der Waals surface area contributed by atoms with Crippen LogP contribution in [0.15, 0.2) is 18.2 Å². The van der Waals surface area contributed by atoms with Gasteiger partial charge in [-0.1, -0.05) is 11.3 Å². The lowest BCUT2D eigenvalue weighted by molar-refractivity contribution is -0.206. The van der Waals surface area contributed by atoms with Crippen molar-refractivity contribution >= 4 is 22.5 Å². The van der Waals surface area contributed by atoms with Crippen molar-refractivity contribution in [2.75, 3.05) is 18.4 Å². The van der Waals surface area contributed by atoms with E-state index in [0.717, 1.165) is 34.4 Å². The third-order valence-corrected chi connectivity index (χ3v) is 4.24. The maximum atomic E-state index is 13.2. The van der Waals surface area contributed by atoms with Gasteiger partial charge in [0, 0.05) is 19.0 Å². The maximum absolute atomic E-state index is 13.2. The topological polar surface area (TPSA) is 78.4 Å². The molecule has 0 aliphatic heterocycles. The second-order valence-electron chi connectivity index (χ2n) is 5.48. The number of nitrogens with one attached hydrogen (secondary N) is 1. The van der Waals surface area contributed by atoms with Gasteiger partial charge in [-0.15, -0.1) is 10.2 Å². The van der Waals surface area contributed by atoms with E-state index in [1.54, 1.807) is 0 Å². The van der Waals surface area contributed by atoms with Crippen LogP contribution in [0.1, 0.15) is 17.5 Å². The Kier molecular flexibility index (Phi) is 6.65. The maximum Gasteiger partial charge on any atom is 0.416 e. The van der Waals surface area contributed by atoms with Crippen molar-refractivity contribution in [3.05, 3.63) is 40.4 Å². The number of urea groups is 1. The highest BCUT2D eigenvalue weighted by molar-refractivity contribution is 7.15. The van der Waals surface area contributed by atoms with E-state index in [0.29, 0.717) is 10.6 Å². The van der Waals surface area contributed by atoms with Gasteiger partial charge in [0.25, 0.3) is 0 Å². The first kappa shape index (κ1) is 21.0. The molecule has 2 amide bonds. The molecule has 2 N–H and O–H groups in total. The molecule has 148 valence electrons. The Bertz CT molecular complexity index is 779. The Morgan fingerprint density at radius 3 is 2.44 bits per heavy atom. The van der Waals surface area contributed by atoms with E-state index in [4.69, 9.17) is 5.11 Å². The molecule has 1 unspecified atom stereocenters. The fourth-order valence-electron chi connectivity index (χ4n) is 2.10. The van der Waals surface area contributed by atoms with Crippen molar-refractivity contribution in [1.82, 2.24) is 15.1 Å². The third-order valence-electron chi connectivity index (χ3n) is 3.40. The van der Waals surface area contributed by atoms with Gasteiger partial charge in [0.05, 0.1) is 6.54 Å². The van der Waals surface area contributed by atoms with E-state index in [-0.39, 0.29) is 18.1 Å². The van der Waals surface area contributed by atoms with Gasteiger partial charge in [0.1, 0.15) is 16.6 Å². The highest BCUT2D eigenvalue weighted by atomic mass is 32.1. The van der Waals surface area contributed by atoms with Crippen molar-refractivity contribution < 1.29 is 31.9 Å². The molecule has 12 heteroatoms. The average molecular weight is 410 g/mol. The summed E-state index contributed by atoms with van der Waals surface area (Å²) in [6.45, 7) is 0.444. The minimum Gasteiger partial charge on any atom is -0.382 e. The van der Waals surface area contributed by atoms with Crippen LogP contribution in [0.5, 0.6) is 0 Å². The van der Waals surface area contributed by atoms with E-state index in [1.165, 1.54) is 6.92 Å². The second kappa shape index (κ2) is 8.57. The summed E-state index contributed by atoms with van der Waals surface area (Å²) in [5.74, 6) is -1.49. The molecule has 2 aromatic rings. The molecule has 27 heavy (non-hydrogen) atoms. The van der Waals surface area contributed by atoms with Crippen molar-refractivity contribution in [3.8, 4) is 0 Å². The molecular weight excluding hydrogens is 395 g/mol. The monoisotopic (exact) mass is 410 g/mol. The van der Waals surface area contributed by atoms with Gasteiger partial charge in [-0.2, -0.15) is 13.2 Å². The molecule has 1 heterocycles. The number of aromatic nitrogens is 2. The predicted molar refractivity (Wildman–Crippen MR) is 87.4 cm³/mol. The van der Waals surface area contributed by atoms with Crippen LogP contribution in [-0.2, 0) is 6.42 Å². The summed E-state index contributed by atoms with van der Waals surface area (Å²) >= 11 is 0.910. The number of rotatable bonds is 6. The molecule has 0 fully saturated rings. The SMILES string of the molecule is CCN(CC(O)C(F)(F)F)C(=O)Nc1nnc(Cc2cc(F)cc(F)c2)s1. The fraction of sp³-hybridized carbons (Fsp3) is 0.400. The van der Waals surface area contributed by atoms with Crippen LogP contribution in [-0.4, -0.2) is 51.6 Å². The molecule has 0 aliphatic rings. The normalized spacial score (nSPS) is 12.7. The summed E-state index contributed by atoms with van der Waals surface area (Å²) in [5, 5.41) is 19.2. The number of hydrogen-bond donors (Lipinski definition) is 2. The van der Waals surface area contributed by atoms with Gasteiger partial charge >= 0.3 is 12.2 Å². The number of aliphatic hydroxyl groups is 1. The second-order valence-corrected chi connectivity index (χ2v) is 6.54. The quantitative estimate of drug-likeness (QED) is 0.717. The minimum atomic E-state index is -4.84. The number of aliphatic hydroxyl groups excluding tert-OH is 1. The number of nitrogens with zero attached hydrogens (tertiary/aromatic N) is 3. The fourth-order valence-corrected chi connectivity index (χ4v) is 2.87. The summed E-state index contributed by atoms with van der Waals surface area (Å²) < 4.78 is 63.6. The minimum absolute atomic E-state index is 0.00632.